The zero-order valence-electron chi connectivity index (χ0n) is 6.67. The number of hydrogen-bond donors (Lipinski definition) is 3. The minimum atomic E-state index is -1.35. The average Bonchev–Trinajstić information content (AvgIpc) is 2.13. The van der Waals surface area contributed by atoms with Crippen molar-refractivity contribution >= 4 is 0 Å². The largest absolute Gasteiger partial charge is 0.505 e. The predicted molar refractivity (Wildman–Crippen MR) is 42.0 cm³/mol. The molecule has 0 saturated carbocycles. The summed E-state index contributed by atoms with van der Waals surface area (Å²) in [5, 5.41) is 17.4. The van der Waals surface area contributed by atoms with Crippen LogP contribution in [0.15, 0.2) is 12.1 Å². The Hall–Kier alpha value is -1.20. The zero-order chi connectivity index (χ0) is 10.0. The van der Waals surface area contributed by atoms with Crippen LogP contribution in [0.5, 0.6) is 5.75 Å². The Kier molecular flexibility index (Phi) is 2.79. The fourth-order valence-corrected chi connectivity index (χ4v) is 0.939. The van der Waals surface area contributed by atoms with Crippen molar-refractivity contribution in [2.24, 2.45) is 5.73 Å². The van der Waals surface area contributed by atoms with E-state index < -0.39 is 30.0 Å². The molecule has 0 aliphatic rings. The average molecular weight is 189 g/mol. The van der Waals surface area contributed by atoms with Gasteiger partial charge in [-0.15, -0.1) is 0 Å². The summed E-state index contributed by atoms with van der Waals surface area (Å²) < 4.78 is 25.7. The molecular formula is C8H9F2NO2. The van der Waals surface area contributed by atoms with Crippen molar-refractivity contribution in [2.45, 2.75) is 6.04 Å². The minimum absolute atomic E-state index is 0.155. The van der Waals surface area contributed by atoms with E-state index in [2.05, 4.69) is 0 Å². The van der Waals surface area contributed by atoms with E-state index in [9.17, 15) is 8.78 Å². The molecule has 1 aromatic carbocycles. The molecule has 0 bridgehead atoms. The molecular weight excluding hydrogens is 180 g/mol. The van der Waals surface area contributed by atoms with Gasteiger partial charge in [0.1, 0.15) is 0 Å². The van der Waals surface area contributed by atoms with Crippen LogP contribution in [0.1, 0.15) is 11.6 Å². The summed E-state index contributed by atoms with van der Waals surface area (Å²) in [6, 6.07) is 1.15. The summed E-state index contributed by atoms with van der Waals surface area (Å²) in [7, 11) is 0. The summed E-state index contributed by atoms with van der Waals surface area (Å²) in [6.45, 7) is -0.485. The van der Waals surface area contributed by atoms with Crippen LogP contribution in [0.3, 0.4) is 0 Å². The molecule has 3 nitrogen and oxygen atoms in total. The molecule has 0 amide bonds. The standard InChI is InChI=1S/C8H9F2NO2/c9-7-4(5(11)3-12)1-2-6(13)8(7)10/h1-2,5,12-13H,3,11H2/t5-/m0/s1. The normalized spacial score (nSPS) is 12.9. The fourth-order valence-electron chi connectivity index (χ4n) is 0.939. The second-order valence-electron chi connectivity index (χ2n) is 2.59. The van der Waals surface area contributed by atoms with E-state index in [1.54, 1.807) is 0 Å². The second kappa shape index (κ2) is 3.68. The van der Waals surface area contributed by atoms with Crippen LogP contribution in [0.25, 0.3) is 0 Å². The number of phenolic OH excluding ortho intramolecular Hbond substituents is 1. The summed E-state index contributed by atoms with van der Waals surface area (Å²) >= 11 is 0. The fraction of sp³-hybridized carbons (Fsp3) is 0.250. The van der Waals surface area contributed by atoms with Crippen molar-refractivity contribution in [3.8, 4) is 5.75 Å². The van der Waals surface area contributed by atoms with Crippen LogP contribution >= 0.6 is 0 Å². The van der Waals surface area contributed by atoms with Gasteiger partial charge in [0, 0.05) is 5.56 Å². The molecule has 1 atom stereocenters. The van der Waals surface area contributed by atoms with Gasteiger partial charge >= 0.3 is 0 Å². The third-order valence-corrected chi connectivity index (χ3v) is 1.69. The van der Waals surface area contributed by atoms with Crippen LogP contribution in [-0.4, -0.2) is 16.8 Å². The van der Waals surface area contributed by atoms with E-state index in [1.807, 2.05) is 0 Å². The van der Waals surface area contributed by atoms with Crippen molar-refractivity contribution in [1.82, 2.24) is 0 Å². The molecule has 0 aromatic heterocycles. The van der Waals surface area contributed by atoms with E-state index in [0.717, 1.165) is 12.1 Å². The number of nitrogens with two attached hydrogens (primary N) is 1. The van der Waals surface area contributed by atoms with Gasteiger partial charge < -0.3 is 15.9 Å². The highest BCUT2D eigenvalue weighted by Gasteiger charge is 2.16. The number of halogens is 2. The van der Waals surface area contributed by atoms with Crippen molar-refractivity contribution in [3.05, 3.63) is 29.3 Å². The Balaban J connectivity index is 3.18. The van der Waals surface area contributed by atoms with E-state index in [4.69, 9.17) is 15.9 Å². The summed E-state index contributed by atoms with van der Waals surface area (Å²) in [4.78, 5) is 0. The molecule has 0 saturated heterocycles. The second-order valence-corrected chi connectivity index (χ2v) is 2.59. The highest BCUT2D eigenvalue weighted by Crippen LogP contribution is 2.24. The van der Waals surface area contributed by atoms with Crippen molar-refractivity contribution in [3.63, 3.8) is 0 Å². The highest BCUT2D eigenvalue weighted by atomic mass is 19.2. The molecule has 4 N–H and O–H groups in total. The lowest BCUT2D eigenvalue weighted by molar-refractivity contribution is 0.264. The van der Waals surface area contributed by atoms with E-state index in [0.29, 0.717) is 0 Å². The van der Waals surface area contributed by atoms with Crippen molar-refractivity contribution < 1.29 is 19.0 Å². The molecule has 0 heterocycles. The van der Waals surface area contributed by atoms with Crippen LogP contribution < -0.4 is 5.73 Å². The number of aromatic hydroxyl groups is 1. The first kappa shape index (κ1) is 9.88. The highest BCUT2D eigenvalue weighted by molar-refractivity contribution is 5.31. The Morgan fingerprint density at radius 2 is 1.92 bits per heavy atom. The molecule has 1 rings (SSSR count). The van der Waals surface area contributed by atoms with E-state index >= 15 is 0 Å². The maximum atomic E-state index is 13.0. The molecule has 0 aliphatic carbocycles. The minimum Gasteiger partial charge on any atom is -0.505 e. The van der Waals surface area contributed by atoms with Gasteiger partial charge in [0.05, 0.1) is 12.6 Å². The lowest BCUT2D eigenvalue weighted by Gasteiger charge is -2.10. The quantitative estimate of drug-likeness (QED) is 0.640. The molecule has 0 spiro atoms. The first-order chi connectivity index (χ1) is 6.07. The van der Waals surface area contributed by atoms with Crippen LogP contribution in [0, 0.1) is 11.6 Å². The van der Waals surface area contributed by atoms with Crippen molar-refractivity contribution in [2.75, 3.05) is 6.61 Å². The number of aliphatic hydroxyl groups excluding tert-OH is 1. The molecule has 0 fully saturated rings. The maximum absolute atomic E-state index is 13.0. The first-order valence-electron chi connectivity index (χ1n) is 3.61. The lowest BCUT2D eigenvalue weighted by Crippen LogP contribution is -2.16. The number of benzene rings is 1. The monoisotopic (exact) mass is 189 g/mol. The smallest absolute Gasteiger partial charge is 0.200 e. The Morgan fingerprint density at radius 3 is 2.46 bits per heavy atom. The lowest BCUT2D eigenvalue weighted by atomic mass is 10.1. The van der Waals surface area contributed by atoms with Crippen LogP contribution in [0.4, 0.5) is 8.78 Å². The third-order valence-electron chi connectivity index (χ3n) is 1.69. The van der Waals surface area contributed by atoms with E-state index in [-0.39, 0.29) is 5.56 Å². The molecule has 1 aromatic rings. The maximum Gasteiger partial charge on any atom is 0.200 e. The topological polar surface area (TPSA) is 66.5 Å². The third kappa shape index (κ3) is 1.76. The Labute approximate surface area is 73.4 Å². The molecule has 13 heavy (non-hydrogen) atoms. The molecule has 0 aliphatic heterocycles. The number of phenols is 1. The van der Waals surface area contributed by atoms with Gasteiger partial charge in [0.15, 0.2) is 11.6 Å². The predicted octanol–water partition coefficient (Wildman–Crippen LogP) is 0.662. The van der Waals surface area contributed by atoms with Gasteiger partial charge in [0.25, 0.3) is 0 Å². The molecule has 5 heteroatoms. The zero-order valence-corrected chi connectivity index (χ0v) is 6.67. The number of rotatable bonds is 2. The van der Waals surface area contributed by atoms with Gasteiger partial charge in [-0.2, -0.15) is 4.39 Å². The van der Waals surface area contributed by atoms with Gasteiger partial charge in [-0.3, -0.25) is 0 Å². The Bertz CT molecular complexity index is 317. The first-order valence-corrected chi connectivity index (χ1v) is 3.61. The van der Waals surface area contributed by atoms with Gasteiger partial charge in [-0.1, -0.05) is 6.07 Å². The Morgan fingerprint density at radius 1 is 1.31 bits per heavy atom. The van der Waals surface area contributed by atoms with Crippen LogP contribution in [0.2, 0.25) is 0 Å². The summed E-state index contributed by atoms with van der Waals surface area (Å²) in [5.74, 6) is -3.34. The number of hydrogen-bond acceptors (Lipinski definition) is 3. The van der Waals surface area contributed by atoms with Gasteiger partial charge in [0.2, 0.25) is 5.82 Å². The van der Waals surface area contributed by atoms with E-state index in [1.165, 1.54) is 0 Å². The molecule has 72 valence electrons. The van der Waals surface area contributed by atoms with Crippen LogP contribution in [-0.2, 0) is 0 Å². The molecule has 0 radical (unpaired) electrons. The summed E-state index contributed by atoms with van der Waals surface area (Å²) in [5.41, 5.74) is 5.12. The number of aliphatic hydroxyl groups is 1. The SMILES string of the molecule is N[C@@H](CO)c1ccc(O)c(F)c1F. The molecule has 0 unspecified atom stereocenters. The van der Waals surface area contributed by atoms with Gasteiger partial charge in [-0.05, 0) is 6.07 Å². The summed E-state index contributed by atoms with van der Waals surface area (Å²) in [6.07, 6.45) is 0. The van der Waals surface area contributed by atoms with Gasteiger partial charge in [-0.25, -0.2) is 4.39 Å². The van der Waals surface area contributed by atoms with Crippen molar-refractivity contribution in [1.29, 1.82) is 0 Å².